The van der Waals surface area contributed by atoms with Gasteiger partial charge in [-0.3, -0.25) is 4.79 Å². The first-order valence-electron chi connectivity index (χ1n) is 11.7. The van der Waals surface area contributed by atoms with E-state index in [-0.39, 0.29) is 11.7 Å². The van der Waals surface area contributed by atoms with Crippen LogP contribution in [0.2, 0.25) is 0 Å². The van der Waals surface area contributed by atoms with E-state index in [4.69, 9.17) is 14.6 Å². The number of amides is 1. The Morgan fingerprint density at radius 3 is 2.25 bits per heavy atom. The van der Waals surface area contributed by atoms with Gasteiger partial charge in [0.1, 0.15) is 23.0 Å². The van der Waals surface area contributed by atoms with Gasteiger partial charge in [0.05, 0.1) is 31.3 Å². The minimum absolute atomic E-state index is 0.124. The predicted molar refractivity (Wildman–Crippen MR) is 137 cm³/mol. The van der Waals surface area contributed by atoms with Crippen molar-refractivity contribution in [3.05, 3.63) is 90.4 Å². The highest BCUT2D eigenvalue weighted by molar-refractivity contribution is 5.94. The first-order valence-corrected chi connectivity index (χ1v) is 11.7. The molecule has 0 saturated carbocycles. The van der Waals surface area contributed by atoms with Crippen molar-refractivity contribution in [1.29, 1.82) is 0 Å². The van der Waals surface area contributed by atoms with Crippen molar-refractivity contribution in [3.8, 4) is 28.4 Å². The smallest absolute Gasteiger partial charge is 0.272 e. The minimum Gasteiger partial charge on any atom is -0.497 e. The second-order valence-corrected chi connectivity index (χ2v) is 8.49. The van der Waals surface area contributed by atoms with Gasteiger partial charge in [-0.05, 0) is 54.6 Å². The quantitative estimate of drug-likeness (QED) is 0.397. The van der Waals surface area contributed by atoms with Crippen LogP contribution in [0.5, 0.6) is 11.5 Å². The van der Waals surface area contributed by atoms with Crippen molar-refractivity contribution in [2.75, 3.05) is 45.3 Å². The van der Waals surface area contributed by atoms with Crippen LogP contribution in [0, 0.1) is 5.82 Å². The molecule has 3 aromatic carbocycles. The molecule has 0 N–H and O–H groups in total. The second-order valence-electron chi connectivity index (χ2n) is 8.49. The molecule has 1 aliphatic heterocycles. The molecular weight excluding hydrogens is 459 g/mol. The molecule has 1 saturated heterocycles. The number of anilines is 1. The van der Waals surface area contributed by atoms with E-state index in [1.807, 2.05) is 65.6 Å². The molecule has 0 atom stereocenters. The Balaban J connectivity index is 1.45. The highest BCUT2D eigenvalue weighted by Crippen LogP contribution is 2.27. The Morgan fingerprint density at radius 1 is 0.833 bits per heavy atom. The summed E-state index contributed by atoms with van der Waals surface area (Å²) in [6, 6.07) is 23.5. The van der Waals surface area contributed by atoms with Gasteiger partial charge < -0.3 is 19.3 Å². The van der Waals surface area contributed by atoms with Gasteiger partial charge in [0, 0.05) is 31.7 Å². The molecule has 184 valence electrons. The summed E-state index contributed by atoms with van der Waals surface area (Å²) < 4.78 is 26.6. The fourth-order valence-electron chi connectivity index (χ4n) is 4.40. The number of carbonyl (C=O) groups excluding carboxylic acids is 1. The number of para-hydroxylation sites is 1. The predicted octanol–water partition coefficient (Wildman–Crippen LogP) is 4.66. The van der Waals surface area contributed by atoms with Gasteiger partial charge in [0.25, 0.3) is 5.91 Å². The molecule has 0 radical (unpaired) electrons. The largest absolute Gasteiger partial charge is 0.497 e. The van der Waals surface area contributed by atoms with E-state index >= 15 is 0 Å². The molecule has 1 amide bonds. The van der Waals surface area contributed by atoms with Crippen molar-refractivity contribution < 1.29 is 18.7 Å². The van der Waals surface area contributed by atoms with Crippen LogP contribution in [0.3, 0.4) is 0 Å². The number of carbonyl (C=O) groups is 1. The summed E-state index contributed by atoms with van der Waals surface area (Å²) in [5.74, 6) is 1.05. The first kappa shape index (κ1) is 23.4. The van der Waals surface area contributed by atoms with Crippen LogP contribution in [0.1, 0.15) is 10.5 Å². The van der Waals surface area contributed by atoms with Crippen LogP contribution >= 0.6 is 0 Å². The Bertz CT molecular complexity index is 1360. The van der Waals surface area contributed by atoms with Crippen molar-refractivity contribution in [1.82, 2.24) is 14.7 Å². The maximum atomic E-state index is 14.3. The number of hydrogen-bond donors (Lipinski definition) is 0. The van der Waals surface area contributed by atoms with Crippen LogP contribution in [0.15, 0.2) is 78.9 Å². The lowest BCUT2D eigenvalue weighted by Gasteiger charge is -2.36. The molecule has 8 heteroatoms. The zero-order valence-electron chi connectivity index (χ0n) is 20.2. The van der Waals surface area contributed by atoms with Crippen LogP contribution in [-0.2, 0) is 0 Å². The van der Waals surface area contributed by atoms with Crippen LogP contribution in [-0.4, -0.2) is 61.0 Å². The molecule has 1 fully saturated rings. The lowest BCUT2D eigenvalue weighted by molar-refractivity contribution is 0.0737. The van der Waals surface area contributed by atoms with Crippen LogP contribution in [0.4, 0.5) is 10.1 Å². The monoisotopic (exact) mass is 486 g/mol. The number of hydrogen-bond acceptors (Lipinski definition) is 5. The van der Waals surface area contributed by atoms with E-state index in [1.54, 1.807) is 35.9 Å². The van der Waals surface area contributed by atoms with E-state index in [1.165, 1.54) is 6.07 Å². The molecule has 5 rings (SSSR count). The Kier molecular flexibility index (Phi) is 6.58. The molecule has 36 heavy (non-hydrogen) atoms. The minimum atomic E-state index is -0.252. The number of methoxy groups -OCH3 is 2. The number of nitrogens with zero attached hydrogens (tertiary/aromatic N) is 4. The topological polar surface area (TPSA) is 59.8 Å². The van der Waals surface area contributed by atoms with Crippen LogP contribution in [0.25, 0.3) is 16.9 Å². The van der Waals surface area contributed by atoms with E-state index < -0.39 is 0 Å². The highest BCUT2D eigenvalue weighted by Gasteiger charge is 2.27. The number of rotatable bonds is 6. The number of halogens is 1. The average molecular weight is 487 g/mol. The molecule has 0 unspecified atom stereocenters. The van der Waals surface area contributed by atoms with E-state index in [2.05, 4.69) is 0 Å². The Hall–Kier alpha value is -4.33. The van der Waals surface area contributed by atoms with Gasteiger partial charge in [-0.2, -0.15) is 5.10 Å². The van der Waals surface area contributed by atoms with Crippen molar-refractivity contribution in [2.24, 2.45) is 0 Å². The lowest BCUT2D eigenvalue weighted by atomic mass is 10.1. The first-order chi connectivity index (χ1) is 17.6. The Labute approximate surface area is 209 Å². The molecule has 1 aromatic heterocycles. The van der Waals surface area contributed by atoms with Gasteiger partial charge in [-0.1, -0.05) is 24.3 Å². The molecule has 0 bridgehead atoms. The molecule has 4 aromatic rings. The standard InChI is InChI=1S/C28H27FN4O3/c1-35-22-12-10-21(11-13-22)33-27(19-25(30-33)20-6-5-7-23(18-20)36-2)28(34)32-16-14-31(15-17-32)26-9-4-3-8-24(26)29/h3-13,18-19H,14-17H2,1-2H3. The third kappa shape index (κ3) is 4.62. The van der Waals surface area contributed by atoms with Gasteiger partial charge >= 0.3 is 0 Å². The fourth-order valence-corrected chi connectivity index (χ4v) is 4.40. The SMILES string of the molecule is COc1ccc(-n2nc(-c3cccc(OC)c3)cc2C(=O)N2CCN(c3ccccc3F)CC2)cc1. The van der Waals surface area contributed by atoms with Gasteiger partial charge in [-0.15, -0.1) is 0 Å². The van der Waals surface area contributed by atoms with E-state index in [0.29, 0.717) is 49.0 Å². The molecule has 1 aliphatic rings. The van der Waals surface area contributed by atoms with Crippen molar-refractivity contribution in [3.63, 3.8) is 0 Å². The third-order valence-electron chi connectivity index (χ3n) is 6.37. The van der Waals surface area contributed by atoms with Crippen molar-refractivity contribution >= 4 is 11.6 Å². The Morgan fingerprint density at radius 2 is 1.56 bits per heavy atom. The second kappa shape index (κ2) is 10.1. The summed E-state index contributed by atoms with van der Waals surface area (Å²) in [5, 5.41) is 4.78. The zero-order valence-corrected chi connectivity index (χ0v) is 20.2. The third-order valence-corrected chi connectivity index (χ3v) is 6.37. The maximum absolute atomic E-state index is 14.3. The zero-order chi connectivity index (χ0) is 25.1. The van der Waals surface area contributed by atoms with E-state index in [0.717, 1.165) is 17.0 Å². The number of aromatic nitrogens is 2. The van der Waals surface area contributed by atoms with Crippen molar-refractivity contribution in [2.45, 2.75) is 0 Å². The summed E-state index contributed by atoms with van der Waals surface area (Å²) >= 11 is 0. The molecule has 7 nitrogen and oxygen atoms in total. The molecular formula is C28H27FN4O3. The summed E-state index contributed by atoms with van der Waals surface area (Å²) in [5.41, 5.74) is 3.28. The molecule has 0 aliphatic carbocycles. The van der Waals surface area contributed by atoms with Crippen LogP contribution < -0.4 is 14.4 Å². The summed E-state index contributed by atoms with van der Waals surface area (Å²) in [4.78, 5) is 17.5. The summed E-state index contributed by atoms with van der Waals surface area (Å²) in [7, 11) is 3.23. The number of ether oxygens (including phenoxy) is 2. The maximum Gasteiger partial charge on any atom is 0.272 e. The van der Waals surface area contributed by atoms with Gasteiger partial charge in [0.2, 0.25) is 0 Å². The van der Waals surface area contributed by atoms with E-state index in [9.17, 15) is 9.18 Å². The highest BCUT2D eigenvalue weighted by atomic mass is 19.1. The van der Waals surface area contributed by atoms with Gasteiger partial charge in [-0.25, -0.2) is 9.07 Å². The normalized spacial score (nSPS) is 13.5. The molecule has 2 heterocycles. The summed E-state index contributed by atoms with van der Waals surface area (Å²) in [6.45, 7) is 2.06. The molecule has 0 spiro atoms. The van der Waals surface area contributed by atoms with Gasteiger partial charge in [0.15, 0.2) is 0 Å². The fraction of sp³-hybridized carbons (Fsp3) is 0.214. The number of benzene rings is 3. The number of piperazine rings is 1. The lowest BCUT2D eigenvalue weighted by Crippen LogP contribution is -2.49. The summed E-state index contributed by atoms with van der Waals surface area (Å²) in [6.07, 6.45) is 0. The average Bonchev–Trinajstić information content (AvgIpc) is 3.39.